The number of amides is 2. The van der Waals surface area contributed by atoms with Crippen LogP contribution >= 0.6 is 0 Å². The van der Waals surface area contributed by atoms with E-state index in [4.69, 9.17) is 14.2 Å². The Morgan fingerprint density at radius 2 is 1.78 bits per heavy atom. The maximum absolute atomic E-state index is 12.5. The predicted octanol–water partition coefficient (Wildman–Crippen LogP) is 3.09. The Kier molecular flexibility index (Phi) is 6.17. The number of hydrogen-bond donors (Lipinski definition) is 2. The monoisotopic (exact) mass is 374 g/mol. The molecule has 0 saturated heterocycles. The Balaban J connectivity index is 2.15. The van der Waals surface area contributed by atoms with Crippen LogP contribution < -0.4 is 20.1 Å². The van der Waals surface area contributed by atoms with Crippen molar-refractivity contribution in [2.75, 3.05) is 24.9 Å². The first-order valence-electron chi connectivity index (χ1n) is 8.08. The molecule has 2 rings (SSSR count). The van der Waals surface area contributed by atoms with Crippen molar-refractivity contribution in [1.82, 2.24) is 9.97 Å². The van der Waals surface area contributed by atoms with Crippen LogP contribution in [0.3, 0.4) is 0 Å². The zero-order valence-corrected chi connectivity index (χ0v) is 15.8. The smallest absolute Gasteiger partial charge is 0.413 e. The van der Waals surface area contributed by atoms with Crippen LogP contribution in [0.25, 0.3) is 0 Å². The number of rotatable bonds is 5. The number of anilines is 2. The third-order valence-electron chi connectivity index (χ3n) is 3.13. The Bertz CT molecular complexity index is 833. The van der Waals surface area contributed by atoms with Gasteiger partial charge >= 0.3 is 6.09 Å². The summed E-state index contributed by atoms with van der Waals surface area (Å²) in [5.74, 6) is 0.643. The van der Waals surface area contributed by atoms with Crippen molar-refractivity contribution < 1.29 is 23.8 Å². The van der Waals surface area contributed by atoms with Crippen molar-refractivity contribution in [3.63, 3.8) is 0 Å². The molecule has 0 spiro atoms. The average molecular weight is 374 g/mol. The van der Waals surface area contributed by atoms with Crippen LogP contribution in [0, 0.1) is 0 Å². The highest BCUT2D eigenvalue weighted by Gasteiger charge is 2.19. The van der Waals surface area contributed by atoms with Crippen LogP contribution in [0.1, 0.15) is 31.1 Å². The standard InChI is InChI=1S/C18H22N4O5/c1-18(2,3)27-17(24)22-14-9-12(25-4)11(10-19-14)16(23)21-13-7-6-8-15(20-13)26-5/h6-10H,1-5H3,(H,19,22,24)(H,20,21,23). The van der Waals surface area contributed by atoms with Gasteiger partial charge in [-0.05, 0) is 26.8 Å². The number of nitrogens with one attached hydrogen (secondary N) is 2. The summed E-state index contributed by atoms with van der Waals surface area (Å²) in [7, 11) is 2.89. The Morgan fingerprint density at radius 1 is 1.04 bits per heavy atom. The lowest BCUT2D eigenvalue weighted by Crippen LogP contribution is -2.27. The van der Waals surface area contributed by atoms with E-state index in [9.17, 15) is 9.59 Å². The number of pyridine rings is 2. The molecule has 0 saturated carbocycles. The molecular formula is C18H22N4O5. The van der Waals surface area contributed by atoms with Gasteiger partial charge in [0.25, 0.3) is 5.91 Å². The van der Waals surface area contributed by atoms with Gasteiger partial charge in [0.15, 0.2) is 0 Å². The second-order valence-electron chi connectivity index (χ2n) is 6.42. The first-order chi connectivity index (χ1) is 12.7. The first-order valence-corrected chi connectivity index (χ1v) is 8.08. The van der Waals surface area contributed by atoms with Gasteiger partial charge in [-0.15, -0.1) is 0 Å². The quantitative estimate of drug-likeness (QED) is 0.827. The maximum atomic E-state index is 12.5. The minimum Gasteiger partial charge on any atom is -0.496 e. The van der Waals surface area contributed by atoms with Crippen molar-refractivity contribution in [2.24, 2.45) is 0 Å². The molecule has 0 aliphatic carbocycles. The second kappa shape index (κ2) is 8.35. The van der Waals surface area contributed by atoms with Gasteiger partial charge in [-0.3, -0.25) is 10.1 Å². The van der Waals surface area contributed by atoms with Gasteiger partial charge in [-0.1, -0.05) is 6.07 Å². The highest BCUT2D eigenvalue weighted by Crippen LogP contribution is 2.23. The molecule has 0 atom stereocenters. The molecule has 27 heavy (non-hydrogen) atoms. The summed E-state index contributed by atoms with van der Waals surface area (Å²) in [4.78, 5) is 32.5. The molecular weight excluding hydrogens is 352 g/mol. The van der Waals surface area contributed by atoms with Crippen LogP contribution in [-0.4, -0.2) is 41.8 Å². The molecule has 2 N–H and O–H groups in total. The van der Waals surface area contributed by atoms with Crippen LogP contribution in [-0.2, 0) is 4.74 Å². The van der Waals surface area contributed by atoms with Crippen molar-refractivity contribution in [3.8, 4) is 11.6 Å². The zero-order valence-electron chi connectivity index (χ0n) is 15.8. The van der Waals surface area contributed by atoms with E-state index < -0.39 is 17.6 Å². The van der Waals surface area contributed by atoms with E-state index in [1.807, 2.05) is 0 Å². The third-order valence-corrected chi connectivity index (χ3v) is 3.13. The number of carbonyl (C=O) groups excluding carboxylic acids is 2. The van der Waals surface area contributed by atoms with Crippen LogP contribution in [0.15, 0.2) is 30.5 Å². The minimum absolute atomic E-state index is 0.178. The van der Waals surface area contributed by atoms with Crippen molar-refractivity contribution in [2.45, 2.75) is 26.4 Å². The Morgan fingerprint density at radius 3 is 2.41 bits per heavy atom. The molecule has 9 nitrogen and oxygen atoms in total. The van der Waals surface area contributed by atoms with Gasteiger partial charge in [0.2, 0.25) is 5.88 Å². The lowest BCUT2D eigenvalue weighted by atomic mass is 10.2. The molecule has 0 radical (unpaired) electrons. The molecule has 2 amide bonds. The van der Waals surface area contributed by atoms with Gasteiger partial charge in [0.1, 0.15) is 28.5 Å². The minimum atomic E-state index is -0.658. The molecule has 144 valence electrons. The molecule has 0 unspecified atom stereocenters. The number of hydrogen-bond acceptors (Lipinski definition) is 7. The number of aromatic nitrogens is 2. The summed E-state index contributed by atoms with van der Waals surface area (Å²) in [6, 6.07) is 6.41. The zero-order chi connectivity index (χ0) is 20.0. The number of methoxy groups -OCH3 is 2. The van der Waals surface area contributed by atoms with E-state index in [2.05, 4.69) is 20.6 Å². The summed E-state index contributed by atoms with van der Waals surface area (Å²) in [5, 5.41) is 5.13. The van der Waals surface area contributed by atoms with Gasteiger partial charge in [-0.2, -0.15) is 4.98 Å². The molecule has 2 aromatic rings. The Hall–Kier alpha value is -3.36. The topological polar surface area (TPSA) is 112 Å². The third kappa shape index (κ3) is 5.84. The summed E-state index contributed by atoms with van der Waals surface area (Å²) in [6.07, 6.45) is 0.635. The van der Waals surface area contributed by atoms with Crippen LogP contribution in [0.2, 0.25) is 0 Å². The highest BCUT2D eigenvalue weighted by molar-refractivity contribution is 6.05. The van der Waals surface area contributed by atoms with Gasteiger partial charge < -0.3 is 19.5 Å². The number of nitrogens with zero attached hydrogens (tertiary/aromatic N) is 2. The molecule has 2 heterocycles. The molecule has 0 aromatic carbocycles. The molecule has 2 aromatic heterocycles. The summed E-state index contributed by atoms with van der Waals surface area (Å²) >= 11 is 0. The van der Waals surface area contributed by atoms with Gasteiger partial charge in [0.05, 0.1) is 14.2 Å². The highest BCUT2D eigenvalue weighted by atomic mass is 16.6. The van der Waals surface area contributed by atoms with Crippen molar-refractivity contribution in [3.05, 3.63) is 36.0 Å². The summed E-state index contributed by atoms with van der Waals surface area (Å²) in [6.45, 7) is 5.25. The fourth-order valence-electron chi connectivity index (χ4n) is 2.03. The lowest BCUT2D eigenvalue weighted by molar-refractivity contribution is 0.0635. The van der Waals surface area contributed by atoms with Gasteiger partial charge in [-0.25, -0.2) is 9.78 Å². The number of carbonyl (C=O) groups is 2. The molecule has 0 aliphatic heterocycles. The SMILES string of the molecule is COc1cccc(NC(=O)c2cnc(NC(=O)OC(C)(C)C)cc2OC)n1. The predicted molar refractivity (Wildman–Crippen MR) is 99.4 cm³/mol. The van der Waals surface area contributed by atoms with Crippen molar-refractivity contribution in [1.29, 1.82) is 0 Å². The van der Waals surface area contributed by atoms with Crippen LogP contribution in [0.4, 0.5) is 16.4 Å². The number of ether oxygens (including phenoxy) is 3. The Labute approximate surface area is 157 Å². The fraction of sp³-hybridized carbons (Fsp3) is 0.333. The summed E-state index contributed by atoms with van der Waals surface area (Å²) in [5.41, 5.74) is -0.463. The lowest BCUT2D eigenvalue weighted by Gasteiger charge is -2.19. The van der Waals surface area contributed by atoms with E-state index in [0.717, 1.165) is 0 Å². The van der Waals surface area contributed by atoms with Crippen molar-refractivity contribution >= 4 is 23.6 Å². The van der Waals surface area contributed by atoms with E-state index in [1.54, 1.807) is 39.0 Å². The van der Waals surface area contributed by atoms with E-state index in [-0.39, 0.29) is 17.1 Å². The fourth-order valence-corrected chi connectivity index (χ4v) is 2.03. The molecule has 9 heteroatoms. The van der Waals surface area contributed by atoms with Gasteiger partial charge in [0, 0.05) is 18.3 Å². The first kappa shape index (κ1) is 20.0. The molecule has 0 bridgehead atoms. The van der Waals surface area contributed by atoms with E-state index in [0.29, 0.717) is 11.7 Å². The van der Waals surface area contributed by atoms with Crippen LogP contribution in [0.5, 0.6) is 11.6 Å². The van der Waals surface area contributed by atoms with E-state index in [1.165, 1.54) is 26.5 Å². The average Bonchev–Trinajstić information content (AvgIpc) is 2.60. The normalized spacial score (nSPS) is 10.7. The maximum Gasteiger partial charge on any atom is 0.413 e. The molecule has 0 fully saturated rings. The second-order valence-corrected chi connectivity index (χ2v) is 6.42. The molecule has 0 aliphatic rings. The van der Waals surface area contributed by atoms with E-state index >= 15 is 0 Å². The summed E-state index contributed by atoms with van der Waals surface area (Å²) < 4.78 is 15.4. The largest absolute Gasteiger partial charge is 0.496 e.